The van der Waals surface area contributed by atoms with Gasteiger partial charge in [0.25, 0.3) is 5.91 Å². The first-order valence-corrected chi connectivity index (χ1v) is 7.66. The second kappa shape index (κ2) is 7.12. The van der Waals surface area contributed by atoms with Crippen LogP contribution < -0.4 is 14.8 Å². The van der Waals surface area contributed by atoms with E-state index in [1.807, 2.05) is 12.1 Å². The lowest BCUT2D eigenvalue weighted by Crippen LogP contribution is -2.28. The summed E-state index contributed by atoms with van der Waals surface area (Å²) in [4.78, 5) is 17.6. The molecule has 2 aromatic carbocycles. The fourth-order valence-corrected chi connectivity index (χ4v) is 2.60. The number of nitrogens with zero attached hydrogens (tertiary/aromatic N) is 1. The van der Waals surface area contributed by atoms with Crippen LogP contribution in [0.3, 0.4) is 0 Å². The van der Waals surface area contributed by atoms with E-state index < -0.39 is 6.10 Å². The van der Waals surface area contributed by atoms with Gasteiger partial charge in [0.1, 0.15) is 5.75 Å². The molecule has 1 aliphatic heterocycles. The number of hydrogen-bond acceptors (Lipinski definition) is 6. The number of phenols is 1. The van der Waals surface area contributed by atoms with Crippen molar-refractivity contribution < 1.29 is 24.2 Å². The molecule has 2 N–H and O–H groups in total. The molecule has 0 saturated heterocycles. The first-order valence-electron chi connectivity index (χ1n) is 7.66. The van der Waals surface area contributed by atoms with Crippen LogP contribution in [0.4, 0.5) is 5.69 Å². The number of carbonyl (C=O) groups excluding carboxylic acids is 1. The molecule has 0 spiro atoms. The summed E-state index contributed by atoms with van der Waals surface area (Å²) < 4.78 is 10.7. The first kappa shape index (κ1) is 16.6. The maximum Gasteiger partial charge on any atom is 0.268 e. The minimum atomic E-state index is -0.756. The zero-order valence-electron chi connectivity index (χ0n) is 13.9. The Morgan fingerprint density at radius 3 is 2.76 bits per heavy atom. The van der Waals surface area contributed by atoms with Gasteiger partial charge in [0, 0.05) is 23.7 Å². The summed E-state index contributed by atoms with van der Waals surface area (Å²) in [5.41, 5.74) is 1.81. The third-order valence-corrected chi connectivity index (χ3v) is 3.79. The quantitative estimate of drug-likeness (QED) is 0.871. The monoisotopic (exact) mass is 342 g/mol. The predicted molar refractivity (Wildman–Crippen MR) is 92.3 cm³/mol. The second-order valence-electron chi connectivity index (χ2n) is 5.42. The SMILES string of the molecule is COc1cccc(C2=NOC(C(=O)Nc3cccc(O)c3)C2)c1OC. The Labute approximate surface area is 144 Å². The van der Waals surface area contributed by atoms with E-state index >= 15 is 0 Å². The Balaban J connectivity index is 1.72. The van der Waals surface area contributed by atoms with Crippen molar-refractivity contribution in [3.63, 3.8) is 0 Å². The van der Waals surface area contributed by atoms with Crippen molar-refractivity contribution in [2.45, 2.75) is 12.5 Å². The van der Waals surface area contributed by atoms with E-state index in [0.29, 0.717) is 29.3 Å². The maximum absolute atomic E-state index is 12.3. The van der Waals surface area contributed by atoms with Gasteiger partial charge in [-0.05, 0) is 24.3 Å². The average Bonchev–Trinajstić information content (AvgIpc) is 3.11. The van der Waals surface area contributed by atoms with Crippen molar-refractivity contribution in [3.05, 3.63) is 48.0 Å². The van der Waals surface area contributed by atoms with E-state index in [4.69, 9.17) is 14.3 Å². The Hall–Kier alpha value is -3.22. The highest BCUT2D eigenvalue weighted by molar-refractivity contribution is 6.08. The molecule has 0 radical (unpaired) electrons. The lowest BCUT2D eigenvalue weighted by Gasteiger charge is -2.12. The third kappa shape index (κ3) is 3.50. The van der Waals surface area contributed by atoms with Crippen molar-refractivity contribution in [3.8, 4) is 17.2 Å². The van der Waals surface area contributed by atoms with Crippen LogP contribution in [0.25, 0.3) is 0 Å². The summed E-state index contributed by atoms with van der Waals surface area (Å²) in [5, 5.41) is 16.2. The fraction of sp³-hybridized carbons (Fsp3) is 0.222. The van der Waals surface area contributed by atoms with E-state index in [1.54, 1.807) is 32.4 Å². The normalized spacial score (nSPS) is 15.9. The molecule has 1 unspecified atom stereocenters. The van der Waals surface area contributed by atoms with Gasteiger partial charge in [-0.1, -0.05) is 17.3 Å². The molecule has 7 heteroatoms. The number of nitrogens with one attached hydrogen (secondary N) is 1. The Morgan fingerprint density at radius 2 is 2.04 bits per heavy atom. The minimum Gasteiger partial charge on any atom is -0.508 e. The van der Waals surface area contributed by atoms with Crippen molar-refractivity contribution in [1.29, 1.82) is 0 Å². The minimum absolute atomic E-state index is 0.0724. The van der Waals surface area contributed by atoms with Crippen molar-refractivity contribution >= 4 is 17.3 Å². The number of anilines is 1. The van der Waals surface area contributed by atoms with Gasteiger partial charge in [0.15, 0.2) is 11.5 Å². The van der Waals surface area contributed by atoms with E-state index in [0.717, 1.165) is 5.56 Å². The molecule has 130 valence electrons. The zero-order chi connectivity index (χ0) is 17.8. The molecule has 3 rings (SSSR count). The number of phenolic OH excluding ortho intramolecular Hbond substituents is 1. The smallest absolute Gasteiger partial charge is 0.268 e. The fourth-order valence-electron chi connectivity index (χ4n) is 2.60. The molecule has 0 aliphatic carbocycles. The third-order valence-electron chi connectivity index (χ3n) is 3.79. The van der Waals surface area contributed by atoms with Gasteiger partial charge < -0.3 is 24.7 Å². The van der Waals surface area contributed by atoms with Crippen molar-refractivity contribution in [1.82, 2.24) is 0 Å². The van der Waals surface area contributed by atoms with Gasteiger partial charge >= 0.3 is 0 Å². The van der Waals surface area contributed by atoms with Crippen LogP contribution in [-0.2, 0) is 9.63 Å². The molecule has 25 heavy (non-hydrogen) atoms. The van der Waals surface area contributed by atoms with Crippen molar-refractivity contribution in [2.75, 3.05) is 19.5 Å². The summed E-state index contributed by atoms with van der Waals surface area (Å²) in [5.74, 6) is 0.853. The number of amides is 1. The average molecular weight is 342 g/mol. The van der Waals surface area contributed by atoms with Crippen LogP contribution in [0.5, 0.6) is 17.2 Å². The maximum atomic E-state index is 12.3. The van der Waals surface area contributed by atoms with Gasteiger partial charge in [0.05, 0.1) is 19.9 Å². The van der Waals surface area contributed by atoms with Crippen LogP contribution in [0.1, 0.15) is 12.0 Å². The van der Waals surface area contributed by atoms with Gasteiger partial charge in [-0.25, -0.2) is 0 Å². The Bertz CT molecular complexity index is 819. The van der Waals surface area contributed by atoms with E-state index in [9.17, 15) is 9.90 Å². The zero-order valence-corrected chi connectivity index (χ0v) is 13.9. The molecule has 1 amide bonds. The van der Waals surface area contributed by atoms with Gasteiger partial charge in [0.2, 0.25) is 6.10 Å². The van der Waals surface area contributed by atoms with Crippen LogP contribution in [0.2, 0.25) is 0 Å². The molecule has 1 aliphatic rings. The highest BCUT2D eigenvalue weighted by Crippen LogP contribution is 2.33. The number of carbonyl (C=O) groups is 1. The number of ether oxygens (including phenoxy) is 2. The molecule has 0 bridgehead atoms. The largest absolute Gasteiger partial charge is 0.508 e. The predicted octanol–water partition coefficient (Wildman–Crippen LogP) is 2.54. The van der Waals surface area contributed by atoms with Crippen LogP contribution >= 0.6 is 0 Å². The molecule has 0 fully saturated rings. The summed E-state index contributed by atoms with van der Waals surface area (Å²) >= 11 is 0. The number of benzene rings is 2. The summed E-state index contributed by atoms with van der Waals surface area (Å²) in [6.07, 6.45) is -0.456. The lowest BCUT2D eigenvalue weighted by atomic mass is 10.0. The van der Waals surface area contributed by atoms with Crippen molar-refractivity contribution in [2.24, 2.45) is 5.16 Å². The highest BCUT2D eigenvalue weighted by atomic mass is 16.6. The molecule has 0 saturated carbocycles. The number of para-hydroxylation sites is 1. The number of methoxy groups -OCH3 is 2. The number of aromatic hydroxyl groups is 1. The Morgan fingerprint density at radius 1 is 1.24 bits per heavy atom. The molecule has 0 aromatic heterocycles. The van der Waals surface area contributed by atoms with Gasteiger partial charge in [-0.15, -0.1) is 0 Å². The van der Waals surface area contributed by atoms with Crippen LogP contribution in [0.15, 0.2) is 47.6 Å². The molecule has 7 nitrogen and oxygen atoms in total. The van der Waals surface area contributed by atoms with Crippen LogP contribution in [-0.4, -0.2) is 37.0 Å². The number of rotatable bonds is 5. The standard InChI is InChI=1S/C18H18N2O5/c1-23-15-8-4-7-13(17(15)24-2)14-10-16(25-20-14)18(22)19-11-5-3-6-12(21)9-11/h3-9,16,21H,10H2,1-2H3,(H,19,22). The molecule has 1 atom stereocenters. The van der Waals surface area contributed by atoms with Crippen LogP contribution in [0, 0.1) is 0 Å². The van der Waals surface area contributed by atoms with Gasteiger partial charge in [-0.3, -0.25) is 4.79 Å². The number of hydrogen-bond donors (Lipinski definition) is 2. The van der Waals surface area contributed by atoms with Gasteiger partial charge in [-0.2, -0.15) is 0 Å². The molecular formula is C18H18N2O5. The van der Waals surface area contributed by atoms with E-state index in [1.165, 1.54) is 12.1 Å². The first-order chi connectivity index (χ1) is 12.1. The summed E-state index contributed by atoms with van der Waals surface area (Å²) in [6.45, 7) is 0. The summed E-state index contributed by atoms with van der Waals surface area (Å²) in [6, 6.07) is 11.7. The topological polar surface area (TPSA) is 89.4 Å². The molecular weight excluding hydrogens is 324 g/mol. The Kier molecular flexibility index (Phi) is 4.74. The summed E-state index contributed by atoms with van der Waals surface area (Å²) in [7, 11) is 3.10. The number of oxime groups is 1. The highest BCUT2D eigenvalue weighted by Gasteiger charge is 2.31. The van der Waals surface area contributed by atoms with E-state index in [-0.39, 0.29) is 11.7 Å². The molecule has 1 heterocycles. The van der Waals surface area contributed by atoms with E-state index in [2.05, 4.69) is 10.5 Å². The lowest BCUT2D eigenvalue weighted by molar-refractivity contribution is -0.125. The second-order valence-corrected chi connectivity index (χ2v) is 5.42. The molecule has 2 aromatic rings.